The summed E-state index contributed by atoms with van der Waals surface area (Å²) in [6.45, 7) is 12.2. The Morgan fingerprint density at radius 3 is 2.38 bits per heavy atom. The molecule has 0 heterocycles. The minimum absolute atomic E-state index is 0. The summed E-state index contributed by atoms with van der Waals surface area (Å²) in [5, 5.41) is 0. The molecule has 0 unspecified atom stereocenters. The molecule has 0 spiro atoms. The van der Waals surface area contributed by atoms with Crippen molar-refractivity contribution in [2.45, 2.75) is 111 Å². The number of phosphoric acid groups is 1. The zero-order valence-electron chi connectivity index (χ0n) is 23.0. The molecule has 3 saturated carbocycles. The molecule has 0 aromatic carbocycles. The van der Waals surface area contributed by atoms with E-state index in [0.29, 0.717) is 24.2 Å². The van der Waals surface area contributed by atoms with Crippen molar-refractivity contribution >= 4 is 7.82 Å². The third-order valence-electron chi connectivity index (χ3n) is 10.5. The van der Waals surface area contributed by atoms with Gasteiger partial charge in [0.1, 0.15) is 0 Å². The smallest absolute Gasteiger partial charge is 0.790 e. The van der Waals surface area contributed by atoms with Crippen molar-refractivity contribution < 1.29 is 122 Å². The van der Waals surface area contributed by atoms with Gasteiger partial charge >= 0.3 is 103 Å². The molecule has 4 aliphatic carbocycles. The number of rotatable bonds is 7. The van der Waals surface area contributed by atoms with Crippen molar-refractivity contribution in [1.29, 1.82) is 0 Å². The first-order valence-electron chi connectivity index (χ1n) is 13.3. The van der Waals surface area contributed by atoms with Gasteiger partial charge in [0.2, 0.25) is 0 Å². The third kappa shape index (κ3) is 7.06. The Bertz CT molecular complexity index is 768. The van der Waals surface area contributed by atoms with Crippen LogP contribution < -0.4 is 113 Å². The zero-order valence-corrected chi connectivity index (χ0v) is 30.1. The van der Waals surface area contributed by atoms with Gasteiger partial charge in [0.15, 0.2) is 0 Å². The van der Waals surface area contributed by atoms with E-state index in [1.165, 1.54) is 50.5 Å². The van der Waals surface area contributed by atoms with Crippen molar-refractivity contribution in [2.75, 3.05) is 0 Å². The first-order valence-corrected chi connectivity index (χ1v) is 14.8. The van der Waals surface area contributed by atoms with Crippen LogP contribution in [0.2, 0.25) is 0 Å². The summed E-state index contributed by atoms with van der Waals surface area (Å²) in [5.41, 5.74) is 2.00. The van der Waals surface area contributed by atoms with Crippen LogP contribution in [0.15, 0.2) is 11.6 Å². The van der Waals surface area contributed by atoms with E-state index in [1.54, 1.807) is 0 Å². The van der Waals surface area contributed by atoms with E-state index >= 15 is 0 Å². The summed E-state index contributed by atoms with van der Waals surface area (Å²) in [6, 6.07) is 0. The maximum absolute atomic E-state index is 11.1. The maximum Gasteiger partial charge on any atom is 1.00 e. The van der Waals surface area contributed by atoms with Gasteiger partial charge in [0.25, 0.3) is 0 Å². The zero-order chi connectivity index (χ0) is 23.3. The molecule has 4 rings (SSSR count). The van der Waals surface area contributed by atoms with Crippen molar-refractivity contribution in [3.05, 3.63) is 11.6 Å². The van der Waals surface area contributed by atoms with Crippen LogP contribution in [0.1, 0.15) is 105 Å². The Morgan fingerprint density at radius 2 is 1.74 bits per heavy atom. The molecule has 0 aliphatic heterocycles. The van der Waals surface area contributed by atoms with E-state index < -0.39 is 13.9 Å². The van der Waals surface area contributed by atoms with Gasteiger partial charge in [-0.3, -0.25) is 0 Å². The molecular formula is C27H45K2O4P. The molecule has 0 bridgehead atoms. The molecule has 0 radical (unpaired) electrons. The van der Waals surface area contributed by atoms with Crippen molar-refractivity contribution in [3.8, 4) is 0 Å². The predicted molar refractivity (Wildman–Crippen MR) is 126 cm³/mol. The van der Waals surface area contributed by atoms with Crippen LogP contribution >= 0.6 is 7.82 Å². The van der Waals surface area contributed by atoms with Crippen LogP contribution in [-0.2, 0) is 9.09 Å². The third-order valence-corrected chi connectivity index (χ3v) is 11.1. The average molecular weight is 543 g/mol. The van der Waals surface area contributed by atoms with Crippen molar-refractivity contribution in [3.63, 3.8) is 0 Å². The summed E-state index contributed by atoms with van der Waals surface area (Å²) < 4.78 is 16.0. The van der Waals surface area contributed by atoms with Crippen molar-refractivity contribution in [2.24, 2.45) is 46.3 Å². The first-order chi connectivity index (χ1) is 14.9. The molecule has 0 N–H and O–H groups in total. The molecule has 8 atom stereocenters. The Balaban J connectivity index is 0.00000204. The summed E-state index contributed by atoms with van der Waals surface area (Å²) in [4.78, 5) is 22.3. The normalized spacial score (nSPS) is 40.2. The van der Waals surface area contributed by atoms with Gasteiger partial charge in [0.05, 0.1) is 13.9 Å². The van der Waals surface area contributed by atoms with Crippen LogP contribution in [0.3, 0.4) is 0 Å². The SMILES string of the molecule is CC(C)CCC[C@@H](C)[C@H]1CC[C@H]2[C@@H]3CC=C4C[C@@H](OP(=O)([O-])[O-])CC[C@]4(C)[C@H]3CC[C@]12C.[K+].[K+]. The summed E-state index contributed by atoms with van der Waals surface area (Å²) in [6.07, 6.45) is 14.9. The van der Waals surface area contributed by atoms with E-state index in [0.717, 1.165) is 42.4 Å². The van der Waals surface area contributed by atoms with E-state index in [-0.39, 0.29) is 108 Å². The molecule has 34 heavy (non-hydrogen) atoms. The minimum Gasteiger partial charge on any atom is -0.790 e. The van der Waals surface area contributed by atoms with Crippen LogP contribution in [0.4, 0.5) is 0 Å². The number of hydrogen-bond donors (Lipinski definition) is 0. The van der Waals surface area contributed by atoms with E-state index in [9.17, 15) is 14.4 Å². The monoisotopic (exact) mass is 542 g/mol. The molecule has 0 saturated heterocycles. The molecule has 4 nitrogen and oxygen atoms in total. The van der Waals surface area contributed by atoms with Gasteiger partial charge in [0, 0.05) is 0 Å². The molecule has 184 valence electrons. The molecule has 4 aliphatic rings. The fourth-order valence-electron chi connectivity index (χ4n) is 8.92. The largest absolute Gasteiger partial charge is 1.00 e. The molecule has 0 amide bonds. The van der Waals surface area contributed by atoms with Crippen LogP contribution in [-0.4, -0.2) is 6.10 Å². The Kier molecular flexibility index (Phi) is 12.9. The van der Waals surface area contributed by atoms with Crippen LogP contribution in [0, 0.1) is 46.3 Å². The number of phosphoric ester groups is 1. The number of allylic oxidation sites excluding steroid dienone is 1. The fourth-order valence-corrected chi connectivity index (χ4v) is 9.47. The molecule has 3 fully saturated rings. The Hall–Kier alpha value is 3.12. The van der Waals surface area contributed by atoms with Gasteiger partial charge < -0.3 is 18.9 Å². The standard InChI is InChI=1S/C27H47O4P.2K/c1-18(2)7-6-8-19(3)23-11-12-24-22-10-9-20-17-21(31-32(28,29)30)13-15-26(20,4)25(22)14-16-27(23,24)5;;/h9,18-19,21-25H,6-8,10-17H2,1-5H3,(H2,28,29,30);;/q;2*+1/p-2/t19-,21+,22+,23-,24+,25+,26+,27-;;/m1../s1. The molecular weight excluding hydrogens is 497 g/mol. The predicted octanol–water partition coefficient (Wildman–Crippen LogP) is 0.250. The summed E-state index contributed by atoms with van der Waals surface area (Å²) >= 11 is 0. The van der Waals surface area contributed by atoms with Crippen LogP contribution in [0.25, 0.3) is 0 Å². The quantitative estimate of drug-likeness (QED) is 0.263. The van der Waals surface area contributed by atoms with Gasteiger partial charge in [-0.2, -0.15) is 0 Å². The van der Waals surface area contributed by atoms with E-state index in [2.05, 4.69) is 40.7 Å². The van der Waals surface area contributed by atoms with E-state index in [4.69, 9.17) is 4.52 Å². The molecule has 0 aromatic rings. The van der Waals surface area contributed by atoms with Crippen LogP contribution in [0.5, 0.6) is 0 Å². The minimum atomic E-state index is -4.91. The second kappa shape index (κ2) is 13.2. The van der Waals surface area contributed by atoms with Gasteiger partial charge in [-0.25, -0.2) is 0 Å². The topological polar surface area (TPSA) is 72.4 Å². The number of fused-ring (bicyclic) bond motifs is 5. The second-order valence-corrected chi connectivity index (χ2v) is 13.8. The van der Waals surface area contributed by atoms with Gasteiger partial charge in [-0.15, -0.1) is 0 Å². The van der Waals surface area contributed by atoms with E-state index in [1.807, 2.05) is 0 Å². The van der Waals surface area contributed by atoms with Crippen molar-refractivity contribution in [1.82, 2.24) is 0 Å². The molecule has 7 heteroatoms. The second-order valence-electron chi connectivity index (χ2n) is 12.7. The Morgan fingerprint density at radius 1 is 1.03 bits per heavy atom. The summed E-state index contributed by atoms with van der Waals surface area (Å²) in [5.74, 6) is 4.79. The Labute approximate surface area is 294 Å². The first kappa shape index (κ1) is 33.3. The maximum atomic E-state index is 11.1. The average Bonchev–Trinajstić information content (AvgIpc) is 3.04. The fraction of sp³-hybridized carbons (Fsp3) is 0.926. The van der Waals surface area contributed by atoms with Gasteiger partial charge in [-0.1, -0.05) is 65.5 Å². The summed E-state index contributed by atoms with van der Waals surface area (Å²) in [7, 11) is -4.91. The van der Waals surface area contributed by atoms with Gasteiger partial charge in [-0.05, 0) is 97.7 Å². The number of hydrogen-bond acceptors (Lipinski definition) is 4. The molecule has 0 aromatic heterocycles.